The second-order valence-electron chi connectivity index (χ2n) is 4.96. The number of sulfonamides is 1. The summed E-state index contributed by atoms with van der Waals surface area (Å²) in [7, 11) is -0.374. The number of halogens is 1. The third-order valence-corrected chi connectivity index (χ3v) is 4.74. The van der Waals surface area contributed by atoms with Crippen LogP contribution in [0, 0.1) is 0 Å². The summed E-state index contributed by atoms with van der Waals surface area (Å²) in [4.78, 5) is 8.61. The van der Waals surface area contributed by atoms with Crippen LogP contribution in [0.2, 0.25) is 0 Å². The third-order valence-electron chi connectivity index (χ3n) is 3.32. The molecular formula is C16H22IN5O2S. The highest BCUT2D eigenvalue weighted by Gasteiger charge is 2.11. The summed E-state index contributed by atoms with van der Waals surface area (Å²) in [6.45, 7) is 1.00. The summed E-state index contributed by atoms with van der Waals surface area (Å²) in [5, 5.41) is 6.31. The number of pyridine rings is 1. The Morgan fingerprint density at radius 2 is 1.88 bits per heavy atom. The van der Waals surface area contributed by atoms with E-state index in [9.17, 15) is 8.42 Å². The van der Waals surface area contributed by atoms with E-state index in [0.29, 0.717) is 19.0 Å². The molecule has 0 bridgehead atoms. The van der Waals surface area contributed by atoms with Crippen LogP contribution in [0.5, 0.6) is 0 Å². The Balaban J connectivity index is 0.00000312. The second kappa shape index (κ2) is 10.3. The van der Waals surface area contributed by atoms with E-state index in [1.54, 1.807) is 31.4 Å². The Morgan fingerprint density at radius 1 is 1.12 bits per heavy atom. The monoisotopic (exact) mass is 475 g/mol. The molecular weight excluding hydrogens is 453 g/mol. The van der Waals surface area contributed by atoms with Gasteiger partial charge in [-0.15, -0.1) is 24.0 Å². The van der Waals surface area contributed by atoms with Crippen LogP contribution >= 0.6 is 24.0 Å². The number of nitrogens with zero attached hydrogens (tertiary/aromatic N) is 2. The fraction of sp³-hybridized carbons (Fsp3) is 0.250. The zero-order valence-electron chi connectivity index (χ0n) is 14.1. The normalized spacial score (nSPS) is 11.5. The average molecular weight is 475 g/mol. The molecule has 0 spiro atoms. The topological polar surface area (TPSA) is 95.5 Å². The molecule has 0 amide bonds. The Kier molecular flexibility index (Phi) is 8.79. The SMILES string of the molecule is CN=C(NCc1cccc(S(=O)(=O)NC)c1)NCc1ccccn1.I. The van der Waals surface area contributed by atoms with E-state index >= 15 is 0 Å². The molecule has 1 heterocycles. The zero-order valence-corrected chi connectivity index (χ0v) is 17.2. The summed E-state index contributed by atoms with van der Waals surface area (Å²) < 4.78 is 26.0. The zero-order chi connectivity index (χ0) is 17.4. The highest BCUT2D eigenvalue weighted by Crippen LogP contribution is 2.10. The van der Waals surface area contributed by atoms with Gasteiger partial charge in [-0.05, 0) is 36.9 Å². The van der Waals surface area contributed by atoms with E-state index in [1.165, 1.54) is 7.05 Å². The van der Waals surface area contributed by atoms with Crippen molar-refractivity contribution in [2.45, 2.75) is 18.0 Å². The predicted molar refractivity (Wildman–Crippen MR) is 109 cm³/mol. The van der Waals surface area contributed by atoms with E-state index in [2.05, 4.69) is 25.3 Å². The molecule has 0 saturated heterocycles. The van der Waals surface area contributed by atoms with E-state index in [4.69, 9.17) is 0 Å². The molecule has 0 aliphatic rings. The molecule has 7 nitrogen and oxygen atoms in total. The maximum Gasteiger partial charge on any atom is 0.240 e. The number of hydrogen-bond donors (Lipinski definition) is 3. The number of benzene rings is 1. The molecule has 0 aliphatic heterocycles. The third kappa shape index (κ3) is 6.59. The van der Waals surface area contributed by atoms with E-state index < -0.39 is 10.0 Å². The predicted octanol–water partition coefficient (Wildman–Crippen LogP) is 1.47. The van der Waals surface area contributed by atoms with Crippen molar-refractivity contribution in [2.24, 2.45) is 4.99 Å². The number of aromatic nitrogens is 1. The molecule has 0 unspecified atom stereocenters. The Bertz CT molecular complexity index is 797. The van der Waals surface area contributed by atoms with E-state index in [-0.39, 0.29) is 28.9 Å². The van der Waals surface area contributed by atoms with Crippen LogP contribution in [0.1, 0.15) is 11.3 Å². The summed E-state index contributed by atoms with van der Waals surface area (Å²) >= 11 is 0. The minimum Gasteiger partial charge on any atom is -0.352 e. The van der Waals surface area contributed by atoms with Gasteiger partial charge < -0.3 is 10.6 Å². The number of guanidine groups is 1. The molecule has 0 saturated carbocycles. The van der Waals surface area contributed by atoms with Gasteiger partial charge in [-0.25, -0.2) is 13.1 Å². The lowest BCUT2D eigenvalue weighted by Crippen LogP contribution is -2.36. The van der Waals surface area contributed by atoms with Gasteiger partial charge in [0, 0.05) is 19.8 Å². The van der Waals surface area contributed by atoms with E-state index in [0.717, 1.165) is 11.3 Å². The van der Waals surface area contributed by atoms with Gasteiger partial charge in [-0.2, -0.15) is 0 Å². The van der Waals surface area contributed by atoms with Gasteiger partial charge in [0.05, 0.1) is 17.1 Å². The lowest BCUT2D eigenvalue weighted by Gasteiger charge is -2.12. The average Bonchev–Trinajstić information content (AvgIpc) is 2.63. The molecule has 3 N–H and O–H groups in total. The molecule has 1 aromatic heterocycles. The lowest BCUT2D eigenvalue weighted by molar-refractivity contribution is 0.588. The second-order valence-corrected chi connectivity index (χ2v) is 6.84. The van der Waals surface area contributed by atoms with Crippen molar-refractivity contribution in [3.05, 3.63) is 59.9 Å². The molecule has 136 valence electrons. The molecule has 2 aromatic rings. The largest absolute Gasteiger partial charge is 0.352 e. The Hall–Kier alpha value is -1.72. The first-order valence-corrected chi connectivity index (χ1v) is 8.90. The van der Waals surface area contributed by atoms with Crippen molar-refractivity contribution in [3.8, 4) is 0 Å². The highest BCUT2D eigenvalue weighted by molar-refractivity contribution is 14.0. The van der Waals surface area contributed by atoms with Crippen LogP contribution in [0.25, 0.3) is 0 Å². The van der Waals surface area contributed by atoms with Crippen molar-refractivity contribution in [1.29, 1.82) is 0 Å². The Morgan fingerprint density at radius 3 is 2.52 bits per heavy atom. The number of aliphatic imine (C=N–C) groups is 1. The van der Waals surface area contributed by atoms with Gasteiger partial charge in [0.1, 0.15) is 0 Å². The standard InChI is InChI=1S/C16H21N5O2S.HI/c1-17-16(21-12-14-7-3-4-9-19-14)20-11-13-6-5-8-15(10-13)24(22,23)18-2;/h3-10,18H,11-12H2,1-2H3,(H2,17,20,21);1H. The fourth-order valence-corrected chi connectivity index (χ4v) is 2.82. The minimum absolute atomic E-state index is 0. The van der Waals surface area contributed by atoms with Gasteiger partial charge in [-0.1, -0.05) is 18.2 Å². The van der Waals surface area contributed by atoms with Crippen molar-refractivity contribution >= 4 is 40.0 Å². The van der Waals surface area contributed by atoms with Crippen LogP contribution in [0.3, 0.4) is 0 Å². The lowest BCUT2D eigenvalue weighted by atomic mass is 10.2. The molecule has 1 aromatic carbocycles. The molecule has 0 fully saturated rings. The van der Waals surface area contributed by atoms with Crippen LogP contribution in [-0.2, 0) is 23.1 Å². The quantitative estimate of drug-likeness (QED) is 0.334. The van der Waals surface area contributed by atoms with Gasteiger partial charge >= 0.3 is 0 Å². The minimum atomic E-state index is -3.44. The van der Waals surface area contributed by atoms with E-state index in [1.807, 2.05) is 24.3 Å². The number of nitrogens with one attached hydrogen (secondary N) is 3. The van der Waals surface area contributed by atoms with Crippen molar-refractivity contribution in [2.75, 3.05) is 14.1 Å². The van der Waals surface area contributed by atoms with Crippen LogP contribution < -0.4 is 15.4 Å². The smallest absolute Gasteiger partial charge is 0.240 e. The van der Waals surface area contributed by atoms with Crippen LogP contribution in [0.4, 0.5) is 0 Å². The fourth-order valence-electron chi connectivity index (χ4n) is 2.02. The molecule has 0 radical (unpaired) electrons. The van der Waals surface area contributed by atoms with Crippen LogP contribution in [-0.4, -0.2) is 33.5 Å². The first-order chi connectivity index (χ1) is 11.5. The maximum absolute atomic E-state index is 11.8. The van der Waals surface area contributed by atoms with Gasteiger partial charge in [0.15, 0.2) is 5.96 Å². The molecule has 25 heavy (non-hydrogen) atoms. The summed E-state index contributed by atoms with van der Waals surface area (Å²) in [6, 6.07) is 12.5. The van der Waals surface area contributed by atoms with Crippen LogP contribution in [0.15, 0.2) is 58.5 Å². The van der Waals surface area contributed by atoms with Gasteiger partial charge in [0.2, 0.25) is 10.0 Å². The van der Waals surface area contributed by atoms with Crippen molar-refractivity contribution in [1.82, 2.24) is 20.3 Å². The first-order valence-electron chi connectivity index (χ1n) is 7.42. The maximum atomic E-state index is 11.8. The summed E-state index contributed by atoms with van der Waals surface area (Å²) in [5.74, 6) is 0.613. The molecule has 2 rings (SSSR count). The van der Waals surface area contributed by atoms with Crippen molar-refractivity contribution < 1.29 is 8.42 Å². The van der Waals surface area contributed by atoms with Crippen molar-refractivity contribution in [3.63, 3.8) is 0 Å². The highest BCUT2D eigenvalue weighted by atomic mass is 127. The summed E-state index contributed by atoms with van der Waals surface area (Å²) in [6.07, 6.45) is 1.74. The number of rotatable bonds is 6. The Labute approximate surface area is 165 Å². The number of hydrogen-bond acceptors (Lipinski definition) is 4. The first kappa shape index (κ1) is 21.3. The summed E-state index contributed by atoms with van der Waals surface area (Å²) in [5.41, 5.74) is 1.75. The molecule has 0 atom stereocenters. The van der Waals surface area contributed by atoms with Gasteiger partial charge in [-0.3, -0.25) is 9.98 Å². The molecule has 9 heteroatoms. The molecule has 0 aliphatic carbocycles. The van der Waals surface area contributed by atoms with Gasteiger partial charge in [0.25, 0.3) is 0 Å².